The molecule has 6 nitrogen and oxygen atoms in total. The lowest BCUT2D eigenvalue weighted by Crippen LogP contribution is -2.27. The highest BCUT2D eigenvalue weighted by molar-refractivity contribution is 5.95. The maximum absolute atomic E-state index is 11.9. The van der Waals surface area contributed by atoms with Crippen molar-refractivity contribution >= 4 is 23.9 Å². The molecule has 2 aliphatic rings. The zero-order valence-electron chi connectivity index (χ0n) is 16.4. The lowest BCUT2D eigenvalue weighted by atomic mass is 9.69. The molecular formula is C20H30O6. The molecule has 0 spiro atoms. The average molecular weight is 366 g/mol. The van der Waals surface area contributed by atoms with E-state index in [1.165, 1.54) is 0 Å². The molecule has 2 unspecified atom stereocenters. The summed E-state index contributed by atoms with van der Waals surface area (Å²) in [7, 11) is 0. The van der Waals surface area contributed by atoms with Crippen LogP contribution < -0.4 is 0 Å². The van der Waals surface area contributed by atoms with Crippen LogP contribution in [0.1, 0.15) is 73.1 Å². The van der Waals surface area contributed by atoms with E-state index in [1.54, 1.807) is 0 Å². The summed E-state index contributed by atoms with van der Waals surface area (Å²) in [6.07, 6.45) is 2.98. The van der Waals surface area contributed by atoms with E-state index >= 15 is 0 Å². The molecule has 6 heteroatoms. The summed E-state index contributed by atoms with van der Waals surface area (Å²) in [4.78, 5) is 46.6. The van der Waals surface area contributed by atoms with E-state index in [-0.39, 0.29) is 29.6 Å². The van der Waals surface area contributed by atoms with Crippen LogP contribution in [0.15, 0.2) is 0 Å². The Kier molecular flexibility index (Phi) is 5.93. The van der Waals surface area contributed by atoms with E-state index in [2.05, 4.69) is 44.1 Å². The van der Waals surface area contributed by atoms with Gasteiger partial charge in [-0.2, -0.15) is 0 Å². The molecule has 2 atom stereocenters. The Balaban J connectivity index is 2.10. The highest BCUT2D eigenvalue weighted by Gasteiger charge is 2.40. The summed E-state index contributed by atoms with van der Waals surface area (Å²) < 4.78 is 9.34. The highest BCUT2D eigenvalue weighted by Crippen LogP contribution is 2.42. The molecule has 2 aliphatic heterocycles. The van der Waals surface area contributed by atoms with Gasteiger partial charge >= 0.3 is 23.9 Å². The number of carbonyl (C=O) groups is 4. The molecular weight excluding hydrogens is 336 g/mol. The first-order valence-corrected chi connectivity index (χ1v) is 9.34. The molecule has 0 aromatic rings. The first kappa shape index (κ1) is 20.6. The monoisotopic (exact) mass is 366 g/mol. The van der Waals surface area contributed by atoms with E-state index in [1.807, 2.05) is 0 Å². The van der Waals surface area contributed by atoms with Crippen LogP contribution in [0.5, 0.6) is 0 Å². The first-order chi connectivity index (χ1) is 11.8. The molecule has 2 fully saturated rings. The van der Waals surface area contributed by atoms with Gasteiger partial charge in [-0.05, 0) is 42.4 Å². The highest BCUT2D eigenvalue weighted by atomic mass is 16.6. The number of rotatable bonds is 7. The molecule has 0 N–H and O–H groups in total. The van der Waals surface area contributed by atoms with Crippen molar-refractivity contribution < 1.29 is 28.7 Å². The zero-order valence-corrected chi connectivity index (χ0v) is 16.4. The molecule has 2 saturated heterocycles. The van der Waals surface area contributed by atoms with E-state index in [4.69, 9.17) is 0 Å². The van der Waals surface area contributed by atoms with Gasteiger partial charge in [-0.15, -0.1) is 0 Å². The number of cyclic esters (lactones) is 4. The summed E-state index contributed by atoms with van der Waals surface area (Å²) in [5.74, 6) is -2.78. The second-order valence-electron chi connectivity index (χ2n) is 9.83. The summed E-state index contributed by atoms with van der Waals surface area (Å²) >= 11 is 0. The van der Waals surface area contributed by atoms with Gasteiger partial charge in [0, 0.05) is 0 Å². The van der Waals surface area contributed by atoms with Gasteiger partial charge in [0.2, 0.25) is 0 Å². The third kappa shape index (κ3) is 5.92. The Bertz CT molecular complexity index is 560. The van der Waals surface area contributed by atoms with Crippen molar-refractivity contribution in [2.75, 3.05) is 0 Å². The van der Waals surface area contributed by atoms with Gasteiger partial charge in [0.15, 0.2) is 0 Å². The van der Waals surface area contributed by atoms with Crippen molar-refractivity contribution in [1.29, 1.82) is 0 Å². The normalized spacial score (nSPS) is 25.4. The van der Waals surface area contributed by atoms with Crippen LogP contribution in [-0.4, -0.2) is 23.9 Å². The van der Waals surface area contributed by atoms with Crippen molar-refractivity contribution in [3.63, 3.8) is 0 Å². The number of esters is 4. The molecule has 0 amide bonds. The molecule has 146 valence electrons. The second kappa shape index (κ2) is 7.49. The van der Waals surface area contributed by atoms with Gasteiger partial charge in [0.1, 0.15) is 0 Å². The Morgan fingerprint density at radius 1 is 0.846 bits per heavy atom. The van der Waals surface area contributed by atoms with E-state index in [9.17, 15) is 19.2 Å². The van der Waals surface area contributed by atoms with Crippen LogP contribution in [0, 0.1) is 28.6 Å². The Labute approximate surface area is 155 Å². The standard InChI is InChI=1S/C20H30O6/c1-19(2,3)11-20(4,5)10-12(6-13-8-15(21)25-17(13)23)7-14-9-16(22)26-18(14)24/h12-14H,6-11H2,1-5H3. The predicted octanol–water partition coefficient (Wildman–Crippen LogP) is 3.41. The van der Waals surface area contributed by atoms with E-state index in [0.717, 1.165) is 12.8 Å². The molecule has 0 saturated carbocycles. The third-order valence-corrected chi connectivity index (χ3v) is 5.01. The van der Waals surface area contributed by atoms with Crippen molar-refractivity contribution in [1.82, 2.24) is 0 Å². The molecule has 2 rings (SSSR count). The maximum Gasteiger partial charge on any atom is 0.317 e. The quantitative estimate of drug-likeness (QED) is 0.507. The van der Waals surface area contributed by atoms with Crippen LogP contribution in [0.25, 0.3) is 0 Å². The summed E-state index contributed by atoms with van der Waals surface area (Å²) in [6.45, 7) is 10.9. The van der Waals surface area contributed by atoms with Gasteiger partial charge < -0.3 is 9.47 Å². The topological polar surface area (TPSA) is 86.7 Å². The van der Waals surface area contributed by atoms with Crippen molar-refractivity contribution in [3.8, 4) is 0 Å². The molecule has 0 bridgehead atoms. The molecule has 0 aliphatic carbocycles. The summed E-state index contributed by atoms with van der Waals surface area (Å²) in [5.41, 5.74) is 0.153. The van der Waals surface area contributed by atoms with Gasteiger partial charge in [-0.3, -0.25) is 19.2 Å². The lowest BCUT2D eigenvalue weighted by molar-refractivity contribution is -0.154. The fourth-order valence-electron chi connectivity index (χ4n) is 4.76. The summed E-state index contributed by atoms with van der Waals surface area (Å²) in [6, 6.07) is 0. The van der Waals surface area contributed by atoms with Crippen molar-refractivity contribution in [3.05, 3.63) is 0 Å². The zero-order chi connectivity index (χ0) is 19.7. The molecule has 2 heterocycles. The fourth-order valence-corrected chi connectivity index (χ4v) is 4.76. The number of ether oxygens (including phenoxy) is 2. The maximum atomic E-state index is 11.9. The van der Waals surface area contributed by atoms with Crippen LogP contribution in [-0.2, 0) is 28.7 Å². The van der Waals surface area contributed by atoms with Gasteiger partial charge in [0.25, 0.3) is 0 Å². The smallest absolute Gasteiger partial charge is 0.317 e. The third-order valence-electron chi connectivity index (χ3n) is 5.01. The number of hydrogen-bond donors (Lipinski definition) is 0. The largest absolute Gasteiger partial charge is 0.393 e. The minimum atomic E-state index is -0.483. The Morgan fingerprint density at radius 3 is 1.58 bits per heavy atom. The van der Waals surface area contributed by atoms with E-state index in [0.29, 0.717) is 12.8 Å². The minimum absolute atomic E-state index is 0.00194. The SMILES string of the molecule is CC(C)(C)CC(C)(C)CC(CC1CC(=O)OC1=O)CC1CC(=O)OC1=O. The number of carbonyl (C=O) groups excluding carboxylic acids is 4. The molecule has 0 radical (unpaired) electrons. The molecule has 0 aromatic heterocycles. The molecule has 0 aromatic carbocycles. The van der Waals surface area contributed by atoms with E-state index < -0.39 is 35.7 Å². The van der Waals surface area contributed by atoms with Crippen molar-refractivity contribution in [2.45, 2.75) is 73.1 Å². The van der Waals surface area contributed by atoms with Crippen molar-refractivity contribution in [2.24, 2.45) is 28.6 Å². The van der Waals surface area contributed by atoms with Crippen LogP contribution in [0.3, 0.4) is 0 Å². The fraction of sp³-hybridized carbons (Fsp3) is 0.800. The van der Waals surface area contributed by atoms with Crippen LogP contribution in [0.2, 0.25) is 0 Å². The molecule has 26 heavy (non-hydrogen) atoms. The second-order valence-corrected chi connectivity index (χ2v) is 9.83. The summed E-state index contributed by atoms with van der Waals surface area (Å²) in [5, 5.41) is 0. The average Bonchev–Trinajstić information content (AvgIpc) is 2.88. The number of hydrogen-bond acceptors (Lipinski definition) is 6. The first-order valence-electron chi connectivity index (χ1n) is 9.34. The van der Waals surface area contributed by atoms with Crippen LogP contribution in [0.4, 0.5) is 0 Å². The Hall–Kier alpha value is -1.72. The van der Waals surface area contributed by atoms with Gasteiger partial charge in [-0.1, -0.05) is 34.6 Å². The minimum Gasteiger partial charge on any atom is -0.393 e. The predicted molar refractivity (Wildman–Crippen MR) is 93.6 cm³/mol. The lowest BCUT2D eigenvalue weighted by Gasteiger charge is -2.36. The van der Waals surface area contributed by atoms with Gasteiger partial charge in [-0.25, -0.2) is 0 Å². The van der Waals surface area contributed by atoms with Gasteiger partial charge in [0.05, 0.1) is 24.7 Å². The Morgan fingerprint density at radius 2 is 1.27 bits per heavy atom. The van der Waals surface area contributed by atoms with Crippen LogP contribution >= 0.6 is 0 Å².